The van der Waals surface area contributed by atoms with Crippen molar-refractivity contribution in [2.75, 3.05) is 141 Å². The van der Waals surface area contributed by atoms with Gasteiger partial charge in [-0.25, -0.2) is 23.3 Å². The fourth-order valence-electron chi connectivity index (χ4n) is 10.5. The smallest absolute Gasteiger partial charge is 0.480 e. The number of thioether (sulfide) groups is 4. The fourth-order valence-corrected chi connectivity index (χ4v) is 16.0. The quantitative estimate of drug-likeness (QED) is 0.00455. The maximum atomic E-state index is 16.1. The minimum atomic E-state index is -4.18. The van der Waals surface area contributed by atoms with Crippen LogP contribution in [0.1, 0.15) is 144 Å². The zero-order valence-corrected chi connectivity index (χ0v) is 86.0. The van der Waals surface area contributed by atoms with Gasteiger partial charge < -0.3 is 94.2 Å². The average molecular weight is 2080 g/mol. The molecule has 11 N–H and O–H groups in total. The molecule has 136 heavy (non-hydrogen) atoms. The monoisotopic (exact) mass is 2070 g/mol. The number of carbonyl (C=O) groups excluding carboxylic acids is 11. The van der Waals surface area contributed by atoms with Crippen LogP contribution in [-0.2, 0) is 132 Å². The van der Waals surface area contributed by atoms with E-state index in [1.165, 1.54) is 142 Å². The third-order valence-corrected chi connectivity index (χ3v) is 25.5. The van der Waals surface area contributed by atoms with Gasteiger partial charge in [-0.15, -0.1) is 9.05 Å². The number of aliphatic carboxylic acids is 1. The number of carboxylic acid groups (broad SMARTS) is 1. The van der Waals surface area contributed by atoms with Crippen LogP contribution in [0.2, 0.25) is 0 Å². The van der Waals surface area contributed by atoms with Crippen molar-refractivity contribution in [3.63, 3.8) is 0 Å². The van der Waals surface area contributed by atoms with Crippen LogP contribution in [0.3, 0.4) is 0 Å². The second-order valence-electron chi connectivity index (χ2n) is 31.2. The van der Waals surface area contributed by atoms with Crippen LogP contribution in [0.4, 0.5) is 26.4 Å². The first-order valence-corrected chi connectivity index (χ1v) is 49.6. The normalized spacial score (nSPS) is 19.2. The topological polar surface area (TPSA) is 667 Å². The van der Waals surface area contributed by atoms with Crippen molar-refractivity contribution < 1.29 is 181 Å². The van der Waals surface area contributed by atoms with E-state index in [2.05, 4.69) is 68.1 Å². The molecule has 56 heteroatoms. The van der Waals surface area contributed by atoms with Crippen molar-refractivity contribution >= 4 is 179 Å². The molecule has 47 nitrogen and oxygen atoms in total. The minimum absolute atomic E-state index is 0.0265. The molecule has 1 aromatic carbocycles. The molecule has 3 aliphatic rings. The largest absolute Gasteiger partial charge is 0.504 e. The number of aliphatic hydroxyl groups excluding tert-OH is 3. The van der Waals surface area contributed by atoms with Gasteiger partial charge in [-0.1, -0.05) is 79.1 Å². The number of imidazole rings is 2. The summed E-state index contributed by atoms with van der Waals surface area (Å²) in [5.74, 6) is -8.27. The SMILES string of the molecule is CC.CC1(C)OC(=O)CC(=O)O1.CCOc1nc(N)nc2c1ncn2[C@@H]1O[C@H](CO)C(O)(O)[C@@]1(C)F.CCOc1nc(N)nc2c1ncn2[C@@H]1O[C@H](COP(=O)(Nc2ccccc2)OCCSC(=O)C(C)(C)C(=O)OC)[C@@H](O)[C@@]1(C)F.COC(=O)C(C)(C)C(=O)O.COC(=O)C(C)(C)C(=O)SCCO.COC(=O)C(C)(C)C(=O)SCCO[P+](C)=O.COC(=O)C(C)(C)C(=O)SCCO[P+](C)=O. The number of ether oxygens (including phenoxy) is 11. The Kier molecular flexibility index (Phi) is 51.8. The predicted molar refractivity (Wildman–Crippen MR) is 493 cm³/mol. The molecular weight excluding hydrogens is 1950 g/mol. The molecule has 3 saturated heterocycles. The first kappa shape index (κ1) is 125. The third-order valence-electron chi connectivity index (χ3n) is 18.3. The number of alkyl halides is 2. The molecule has 3 aliphatic heterocycles. The molecule has 0 aliphatic carbocycles. The number of para-hydroxylation sites is 1. The fraction of sp³-hybridized carbons (Fsp3) is 0.650. The summed E-state index contributed by atoms with van der Waals surface area (Å²) in [6, 6.07) is 8.40. The van der Waals surface area contributed by atoms with Crippen molar-refractivity contribution in [3.8, 4) is 11.8 Å². The van der Waals surface area contributed by atoms with Crippen molar-refractivity contribution in [3.05, 3.63) is 43.0 Å². The number of nitrogens with two attached hydrogens (primary N) is 2. The van der Waals surface area contributed by atoms with Gasteiger partial charge in [0.15, 0.2) is 59.2 Å². The number of hydrogen-bond donors (Lipinski definition) is 9. The summed E-state index contributed by atoms with van der Waals surface area (Å²) in [6.45, 7) is 29.4. The molecule has 3 fully saturated rings. The molecule has 7 heterocycles. The number of fused-ring (bicyclic) bond motifs is 2. The van der Waals surface area contributed by atoms with Crippen molar-refractivity contribution in [2.45, 2.75) is 185 Å². The molecule has 0 spiro atoms. The molecule has 8 rings (SSSR count). The van der Waals surface area contributed by atoms with E-state index in [0.717, 1.165) is 72.6 Å². The summed E-state index contributed by atoms with van der Waals surface area (Å²) >= 11 is 3.69. The van der Waals surface area contributed by atoms with E-state index in [9.17, 15) is 91.7 Å². The van der Waals surface area contributed by atoms with Crippen LogP contribution < -0.4 is 26.0 Å². The van der Waals surface area contributed by atoms with E-state index in [1.807, 2.05) is 13.8 Å². The first-order valence-electron chi connectivity index (χ1n) is 40.9. The van der Waals surface area contributed by atoms with Gasteiger partial charge in [0.2, 0.25) is 55.6 Å². The van der Waals surface area contributed by atoms with Gasteiger partial charge in [-0.05, 0) is 118 Å². The van der Waals surface area contributed by atoms with E-state index >= 15 is 8.78 Å². The van der Waals surface area contributed by atoms with Gasteiger partial charge in [0.25, 0.3) is 5.79 Å². The van der Waals surface area contributed by atoms with E-state index in [4.69, 9.17) is 58.7 Å². The Hall–Kier alpha value is -8.99. The van der Waals surface area contributed by atoms with Crippen molar-refractivity contribution in [1.82, 2.24) is 39.0 Å². The summed E-state index contributed by atoms with van der Waals surface area (Å²) < 4.78 is 143. The lowest BCUT2D eigenvalue weighted by Crippen LogP contribution is -2.54. The number of cyclic esters (lactones) is 2. The van der Waals surface area contributed by atoms with E-state index in [1.54, 1.807) is 44.2 Å². The summed E-state index contributed by atoms with van der Waals surface area (Å²) in [7, 11) is -1.39. The number of nitrogens with one attached hydrogen (secondary N) is 1. The Bertz CT molecular complexity index is 4860. The Balaban J connectivity index is 0.000000860. The number of benzene rings is 1. The van der Waals surface area contributed by atoms with Crippen LogP contribution in [0.5, 0.6) is 11.8 Å². The summed E-state index contributed by atoms with van der Waals surface area (Å²) in [5, 5.41) is 58.5. The zero-order valence-electron chi connectivity index (χ0n) is 80.0. The standard InChI is InChI=1S/C27H36FN6O9PS.C13H18FN5O5.2C9H16O5PS.C8H14O4S.C6H8O4.C6H10O4.C2H6/c1-6-40-21-18-20(31-25(29)32-21)34(15-30-18)22-27(4,28)19(35)17(43-22)14-42-44(38,33-16-10-8-7-9-11-16)41-12-13-45-24(37)26(2,3)23(36)39-5;1-3-23-9-7-8(17-11(15)18-9)19(5-16-7)10-12(2,14)13(21,22)6(4-20)24-10;2*1-9(2,7(10)13-3)8(11)16-6-5-14-15(4)12;1-8(2,6(10)12-3)7(11)13-5-4-9;1-6(2)9-4(7)3-5(8)10-6;1-6(2,4(7)8)5(9)10-3;1-2/h7-11,15,17,19,22,35H,6,12-14H2,1-5H3,(H,33,38)(H2,29,31,32);5-6,10,20-22H,3-4H2,1-2H3,(H2,15,17,18);2*5-6H2,1-4H3;9H,4-5H2,1-3H3;3H2,1-2H3;1-3H3,(H,7,8);1-2H3/q;;2*+1;;;;/t17-,19-,22-,27-,44?;6-,10-,12+;;;;;;/m11....../s1. The number of nitrogens with zero attached hydrogens (tertiary/aromatic N) is 8. The number of aliphatic hydroxyl groups is 5. The van der Waals surface area contributed by atoms with Crippen LogP contribution in [0, 0.1) is 27.1 Å². The molecule has 766 valence electrons. The number of esters is 7. The number of carboxylic acids is 1. The Morgan fingerprint density at radius 1 is 0.574 bits per heavy atom. The number of anilines is 3. The van der Waals surface area contributed by atoms with Gasteiger partial charge >= 0.3 is 71.6 Å². The lowest BCUT2D eigenvalue weighted by atomic mass is 9.94. The number of hydrogen-bond acceptors (Lipinski definition) is 47. The van der Waals surface area contributed by atoms with Gasteiger partial charge in [-0.3, -0.25) is 80.8 Å². The Labute approximate surface area is 802 Å². The highest BCUT2D eigenvalue weighted by Crippen LogP contribution is 2.52. The Morgan fingerprint density at radius 3 is 1.26 bits per heavy atom. The van der Waals surface area contributed by atoms with E-state index < -0.39 is 171 Å². The molecule has 5 aromatic rings. The van der Waals surface area contributed by atoms with Gasteiger partial charge in [-0.2, -0.15) is 19.9 Å². The maximum absolute atomic E-state index is 16.1. The number of halogens is 2. The summed E-state index contributed by atoms with van der Waals surface area (Å²) in [6.07, 6.45) is -5.31. The number of carbonyl (C=O) groups is 12. The first-order chi connectivity index (χ1) is 63.0. The third kappa shape index (κ3) is 36.0. The lowest BCUT2D eigenvalue weighted by Gasteiger charge is -2.30. The highest BCUT2D eigenvalue weighted by molar-refractivity contribution is 8.14. The van der Waals surface area contributed by atoms with Gasteiger partial charge in [0.1, 0.15) is 59.6 Å². The number of rotatable bonds is 36. The zero-order chi connectivity index (χ0) is 105. The molecule has 0 saturated carbocycles. The lowest BCUT2D eigenvalue weighted by molar-refractivity contribution is -0.249. The van der Waals surface area contributed by atoms with Crippen LogP contribution >= 0.6 is 70.8 Å². The molecule has 0 bridgehead atoms. The van der Waals surface area contributed by atoms with Crippen LogP contribution in [0.25, 0.3) is 22.3 Å². The molecule has 0 radical (unpaired) electrons. The van der Waals surface area contributed by atoms with E-state index in [-0.39, 0.29) is 107 Å². The maximum Gasteiger partial charge on any atom is 0.504 e. The average Bonchev–Trinajstić information content (AvgIpc) is 1.58. The molecule has 4 aromatic heterocycles. The number of methoxy groups -OCH3 is 5. The van der Waals surface area contributed by atoms with Crippen molar-refractivity contribution in [1.29, 1.82) is 0 Å². The van der Waals surface area contributed by atoms with Crippen LogP contribution in [0.15, 0.2) is 43.0 Å². The number of aromatic nitrogens is 8. The highest BCUT2D eigenvalue weighted by atomic mass is 32.2. The van der Waals surface area contributed by atoms with Gasteiger partial charge in [0.05, 0.1) is 87.8 Å². The number of nitrogen functional groups attached to an aromatic ring is 2. The van der Waals surface area contributed by atoms with Crippen LogP contribution in [-0.4, -0.2) is 304 Å². The summed E-state index contributed by atoms with van der Waals surface area (Å²) in [4.78, 5) is 159. The summed E-state index contributed by atoms with van der Waals surface area (Å²) in [5.41, 5.74) is 1.22. The van der Waals surface area contributed by atoms with Crippen molar-refractivity contribution in [2.24, 2.45) is 27.1 Å². The van der Waals surface area contributed by atoms with Gasteiger partial charge in [0, 0.05) is 42.5 Å². The van der Waals surface area contributed by atoms with E-state index in [0.29, 0.717) is 29.6 Å². The molecule has 0 amide bonds. The second-order valence-corrected chi connectivity index (χ2v) is 39.5. The highest BCUT2D eigenvalue weighted by Gasteiger charge is 2.66. The molecule has 3 unspecified atom stereocenters. The minimum Gasteiger partial charge on any atom is -0.480 e. The molecular formula is C80H124F2N11O36P3S4+2. The predicted octanol–water partition coefficient (Wildman–Crippen LogP) is 8.23. The second kappa shape index (κ2) is 56.3. The Morgan fingerprint density at radius 2 is 0.934 bits per heavy atom. The molecule has 10 atom stereocenters.